The standard InChI is InChI=1S/C17H27N3O4/c1-16(2,3)24-15(23)20-11-7-9-17(20)8-5-6-10-19(14(17)22)12-13(21)18-4/h5-6H,7-12H2,1-4H3,(H,18,21)/t17-/m0/s1. The molecule has 0 radical (unpaired) electrons. The number of likely N-dealkylation sites (N-methyl/N-ethyl adjacent to an activating group) is 1. The molecular weight excluding hydrogens is 310 g/mol. The van der Waals surface area contributed by atoms with Gasteiger partial charge in [0.15, 0.2) is 0 Å². The molecule has 134 valence electrons. The molecule has 0 bridgehead atoms. The number of likely N-dealkylation sites (tertiary alicyclic amines) is 1. The van der Waals surface area contributed by atoms with Crippen LogP contribution in [0.2, 0.25) is 0 Å². The monoisotopic (exact) mass is 337 g/mol. The third-order valence-electron chi connectivity index (χ3n) is 4.35. The zero-order chi connectivity index (χ0) is 18.0. The molecule has 1 atom stereocenters. The Kier molecular flexibility index (Phi) is 5.20. The van der Waals surface area contributed by atoms with Crippen LogP contribution in [0.15, 0.2) is 12.2 Å². The molecule has 7 heteroatoms. The fourth-order valence-electron chi connectivity index (χ4n) is 3.23. The highest BCUT2D eigenvalue weighted by molar-refractivity contribution is 5.94. The van der Waals surface area contributed by atoms with Crippen molar-refractivity contribution in [3.63, 3.8) is 0 Å². The van der Waals surface area contributed by atoms with Gasteiger partial charge in [-0.1, -0.05) is 12.2 Å². The summed E-state index contributed by atoms with van der Waals surface area (Å²) in [6.45, 7) is 6.27. The van der Waals surface area contributed by atoms with Gasteiger partial charge in [-0.3, -0.25) is 14.5 Å². The van der Waals surface area contributed by atoms with Crippen LogP contribution in [0.25, 0.3) is 0 Å². The summed E-state index contributed by atoms with van der Waals surface area (Å²) < 4.78 is 5.49. The SMILES string of the molecule is CNC(=O)CN1CC=CC[C@]2(CCCN2C(=O)OC(C)(C)C)C1=O. The molecule has 1 N–H and O–H groups in total. The Morgan fingerprint density at radius 3 is 2.67 bits per heavy atom. The Balaban J connectivity index is 2.27. The molecule has 0 aromatic rings. The van der Waals surface area contributed by atoms with Gasteiger partial charge in [-0.05, 0) is 40.0 Å². The molecule has 24 heavy (non-hydrogen) atoms. The lowest BCUT2D eigenvalue weighted by Crippen LogP contribution is -2.59. The Labute approximate surface area is 143 Å². The van der Waals surface area contributed by atoms with Crippen LogP contribution in [-0.2, 0) is 14.3 Å². The maximum Gasteiger partial charge on any atom is 0.411 e. The van der Waals surface area contributed by atoms with Crippen molar-refractivity contribution in [2.45, 2.75) is 51.2 Å². The Bertz CT molecular complexity index is 553. The van der Waals surface area contributed by atoms with E-state index in [1.54, 1.807) is 32.7 Å². The number of carbonyl (C=O) groups excluding carboxylic acids is 3. The number of hydrogen-bond donors (Lipinski definition) is 1. The highest BCUT2D eigenvalue weighted by Crippen LogP contribution is 2.37. The smallest absolute Gasteiger partial charge is 0.411 e. The highest BCUT2D eigenvalue weighted by Gasteiger charge is 2.52. The first-order valence-corrected chi connectivity index (χ1v) is 8.35. The molecule has 1 spiro atoms. The summed E-state index contributed by atoms with van der Waals surface area (Å²) in [6.07, 6.45) is 5.11. The van der Waals surface area contributed by atoms with E-state index in [1.807, 2.05) is 12.2 Å². The van der Waals surface area contributed by atoms with E-state index in [0.29, 0.717) is 25.9 Å². The van der Waals surface area contributed by atoms with Gasteiger partial charge in [-0.25, -0.2) is 4.79 Å². The van der Waals surface area contributed by atoms with E-state index in [-0.39, 0.29) is 18.4 Å². The van der Waals surface area contributed by atoms with Crippen LogP contribution in [0.3, 0.4) is 0 Å². The molecule has 1 fully saturated rings. The number of ether oxygens (including phenoxy) is 1. The van der Waals surface area contributed by atoms with Crippen molar-refractivity contribution < 1.29 is 19.1 Å². The lowest BCUT2D eigenvalue weighted by Gasteiger charge is -2.39. The van der Waals surface area contributed by atoms with Crippen LogP contribution in [0.1, 0.15) is 40.0 Å². The normalized spacial score (nSPS) is 24.2. The molecule has 3 amide bonds. The molecule has 2 rings (SSSR count). The van der Waals surface area contributed by atoms with E-state index < -0.39 is 17.2 Å². The van der Waals surface area contributed by atoms with Gasteiger partial charge in [0, 0.05) is 20.1 Å². The maximum atomic E-state index is 13.2. The van der Waals surface area contributed by atoms with Crippen LogP contribution in [0, 0.1) is 0 Å². The van der Waals surface area contributed by atoms with Gasteiger partial charge in [0.25, 0.3) is 0 Å². The van der Waals surface area contributed by atoms with E-state index in [2.05, 4.69) is 5.32 Å². The molecule has 2 heterocycles. The van der Waals surface area contributed by atoms with Crippen LogP contribution in [-0.4, -0.2) is 65.5 Å². The zero-order valence-electron chi connectivity index (χ0n) is 14.9. The van der Waals surface area contributed by atoms with Gasteiger partial charge in [-0.2, -0.15) is 0 Å². The van der Waals surface area contributed by atoms with E-state index in [9.17, 15) is 14.4 Å². The van der Waals surface area contributed by atoms with E-state index >= 15 is 0 Å². The lowest BCUT2D eigenvalue weighted by molar-refractivity contribution is -0.144. The van der Waals surface area contributed by atoms with Crippen LogP contribution >= 0.6 is 0 Å². The molecule has 2 aliphatic rings. The predicted octanol–water partition coefficient (Wildman–Crippen LogP) is 1.29. The molecule has 7 nitrogen and oxygen atoms in total. The van der Waals surface area contributed by atoms with Gasteiger partial charge in [0.2, 0.25) is 11.8 Å². The third kappa shape index (κ3) is 3.71. The Morgan fingerprint density at radius 1 is 1.33 bits per heavy atom. The van der Waals surface area contributed by atoms with Crippen molar-refractivity contribution >= 4 is 17.9 Å². The van der Waals surface area contributed by atoms with Crippen molar-refractivity contribution in [2.75, 3.05) is 26.7 Å². The van der Waals surface area contributed by atoms with Gasteiger partial charge in [-0.15, -0.1) is 0 Å². The lowest BCUT2D eigenvalue weighted by atomic mass is 9.90. The summed E-state index contributed by atoms with van der Waals surface area (Å²) in [5, 5.41) is 2.54. The first-order valence-electron chi connectivity index (χ1n) is 8.35. The van der Waals surface area contributed by atoms with Crippen LogP contribution < -0.4 is 5.32 Å². The average molecular weight is 337 g/mol. The Morgan fingerprint density at radius 2 is 2.04 bits per heavy atom. The number of rotatable bonds is 2. The number of nitrogens with one attached hydrogen (secondary N) is 1. The number of amides is 3. The summed E-state index contributed by atoms with van der Waals surface area (Å²) in [5.41, 5.74) is -1.56. The fraction of sp³-hybridized carbons (Fsp3) is 0.706. The van der Waals surface area contributed by atoms with E-state index in [4.69, 9.17) is 4.74 Å². The Hall–Kier alpha value is -2.05. The van der Waals surface area contributed by atoms with Crippen molar-refractivity contribution in [2.24, 2.45) is 0 Å². The molecule has 0 saturated carbocycles. The maximum absolute atomic E-state index is 13.2. The van der Waals surface area contributed by atoms with Crippen LogP contribution in [0.5, 0.6) is 0 Å². The summed E-state index contributed by atoms with van der Waals surface area (Å²) in [6, 6.07) is 0. The van der Waals surface area contributed by atoms with Gasteiger partial charge in [0.05, 0.1) is 6.54 Å². The number of hydrogen-bond acceptors (Lipinski definition) is 4. The van der Waals surface area contributed by atoms with E-state index in [0.717, 1.165) is 6.42 Å². The van der Waals surface area contributed by atoms with Crippen molar-refractivity contribution in [1.82, 2.24) is 15.1 Å². The minimum Gasteiger partial charge on any atom is -0.444 e. The molecule has 1 saturated heterocycles. The minimum absolute atomic E-state index is 0.0103. The molecule has 0 unspecified atom stereocenters. The third-order valence-corrected chi connectivity index (χ3v) is 4.35. The minimum atomic E-state index is -0.941. The van der Waals surface area contributed by atoms with Gasteiger partial charge >= 0.3 is 6.09 Å². The second-order valence-corrected chi connectivity index (χ2v) is 7.30. The summed E-state index contributed by atoms with van der Waals surface area (Å²) in [5.74, 6) is -0.407. The number of carbonyl (C=O) groups is 3. The van der Waals surface area contributed by atoms with Gasteiger partial charge < -0.3 is 15.0 Å². The molecule has 0 aliphatic carbocycles. The van der Waals surface area contributed by atoms with Crippen molar-refractivity contribution in [3.05, 3.63) is 12.2 Å². The van der Waals surface area contributed by atoms with E-state index in [1.165, 1.54) is 4.90 Å². The predicted molar refractivity (Wildman–Crippen MR) is 89.3 cm³/mol. The average Bonchev–Trinajstić information content (AvgIpc) is 2.86. The second-order valence-electron chi connectivity index (χ2n) is 7.30. The van der Waals surface area contributed by atoms with Crippen molar-refractivity contribution in [1.29, 1.82) is 0 Å². The quantitative estimate of drug-likeness (QED) is 0.770. The van der Waals surface area contributed by atoms with Gasteiger partial charge in [0.1, 0.15) is 11.1 Å². The second kappa shape index (κ2) is 6.83. The first kappa shape index (κ1) is 18.3. The first-order chi connectivity index (χ1) is 11.2. The van der Waals surface area contributed by atoms with Crippen LogP contribution in [0.4, 0.5) is 4.79 Å². The molecule has 2 aliphatic heterocycles. The number of nitrogens with zero attached hydrogens (tertiary/aromatic N) is 2. The molecular formula is C17H27N3O4. The topological polar surface area (TPSA) is 79.0 Å². The fourth-order valence-corrected chi connectivity index (χ4v) is 3.23. The largest absolute Gasteiger partial charge is 0.444 e. The molecule has 0 aromatic carbocycles. The summed E-state index contributed by atoms with van der Waals surface area (Å²) in [4.78, 5) is 40.5. The zero-order valence-corrected chi connectivity index (χ0v) is 14.9. The molecule has 0 aromatic heterocycles. The van der Waals surface area contributed by atoms with Crippen molar-refractivity contribution in [3.8, 4) is 0 Å². The highest BCUT2D eigenvalue weighted by atomic mass is 16.6. The summed E-state index contributed by atoms with van der Waals surface area (Å²) in [7, 11) is 1.54. The summed E-state index contributed by atoms with van der Waals surface area (Å²) >= 11 is 0.